The van der Waals surface area contributed by atoms with E-state index in [4.69, 9.17) is 0 Å². The molecule has 0 spiro atoms. The zero-order chi connectivity index (χ0) is 21.3. The van der Waals surface area contributed by atoms with Crippen LogP contribution in [0.5, 0.6) is 5.75 Å². The molecular weight excluding hydrogens is 387 g/mol. The normalized spacial score (nSPS) is 11.7. The lowest BCUT2D eigenvalue weighted by atomic mass is 9.87. The number of alkyl halides is 3. The molecular formula is C23H19F5O. The average Bonchev–Trinajstić information content (AvgIpc) is 2.71. The summed E-state index contributed by atoms with van der Waals surface area (Å²) in [5.74, 6) is -3.49. The summed E-state index contributed by atoms with van der Waals surface area (Å²) < 4.78 is 67.7. The van der Waals surface area contributed by atoms with Crippen LogP contribution in [0.4, 0.5) is 22.0 Å². The number of aryl methyl sites for hydroxylation is 1. The number of phenols is 1. The lowest BCUT2D eigenvalue weighted by molar-refractivity contribution is -0.137. The molecule has 0 saturated carbocycles. The molecule has 0 bridgehead atoms. The van der Waals surface area contributed by atoms with Crippen molar-refractivity contribution in [1.82, 2.24) is 0 Å². The highest BCUT2D eigenvalue weighted by Gasteiger charge is 2.31. The standard InChI is InChI=1S/C23H19F5O/c1-3-13-5-7-14(8-6-13)18-17(4-2)20(24)21(25)22(29)19(18)15-9-11-16(12-10-15)23(26,27)28/h5-12,29H,3-4H2,1-2H3. The Morgan fingerprint density at radius 3 is 1.72 bits per heavy atom. The van der Waals surface area contributed by atoms with Crippen molar-refractivity contribution in [3.05, 3.63) is 76.9 Å². The van der Waals surface area contributed by atoms with Crippen LogP contribution in [0.15, 0.2) is 48.5 Å². The monoisotopic (exact) mass is 406 g/mol. The number of hydrogen-bond acceptors (Lipinski definition) is 1. The van der Waals surface area contributed by atoms with E-state index < -0.39 is 29.1 Å². The molecule has 29 heavy (non-hydrogen) atoms. The van der Waals surface area contributed by atoms with Gasteiger partial charge in [0.25, 0.3) is 0 Å². The highest BCUT2D eigenvalue weighted by atomic mass is 19.4. The summed E-state index contributed by atoms with van der Waals surface area (Å²) in [5, 5.41) is 10.4. The van der Waals surface area contributed by atoms with Crippen LogP contribution in [-0.2, 0) is 19.0 Å². The second-order valence-electron chi connectivity index (χ2n) is 6.68. The van der Waals surface area contributed by atoms with E-state index in [1.807, 2.05) is 19.1 Å². The Morgan fingerprint density at radius 1 is 0.724 bits per heavy atom. The quantitative estimate of drug-likeness (QED) is 0.456. The number of hydrogen-bond donors (Lipinski definition) is 1. The molecule has 3 aromatic carbocycles. The second-order valence-corrected chi connectivity index (χ2v) is 6.68. The van der Waals surface area contributed by atoms with E-state index in [0.717, 1.165) is 36.2 Å². The van der Waals surface area contributed by atoms with Gasteiger partial charge in [-0.25, -0.2) is 4.39 Å². The molecule has 0 aliphatic carbocycles. The number of benzene rings is 3. The fourth-order valence-electron chi connectivity index (χ4n) is 3.39. The maximum atomic E-state index is 14.6. The van der Waals surface area contributed by atoms with Crippen LogP contribution in [0, 0.1) is 11.6 Å². The number of rotatable bonds is 4. The summed E-state index contributed by atoms with van der Waals surface area (Å²) in [4.78, 5) is 0. The molecule has 1 nitrogen and oxygen atoms in total. The van der Waals surface area contributed by atoms with Crippen LogP contribution >= 0.6 is 0 Å². The first-order valence-electron chi connectivity index (χ1n) is 9.18. The first kappa shape index (κ1) is 20.8. The molecule has 0 fully saturated rings. The van der Waals surface area contributed by atoms with Crippen molar-refractivity contribution < 1.29 is 27.1 Å². The Balaban J connectivity index is 2.31. The van der Waals surface area contributed by atoms with E-state index in [9.17, 15) is 27.1 Å². The van der Waals surface area contributed by atoms with E-state index in [2.05, 4.69) is 0 Å². The lowest BCUT2D eigenvalue weighted by Crippen LogP contribution is -2.05. The first-order chi connectivity index (χ1) is 13.7. The van der Waals surface area contributed by atoms with Crippen LogP contribution in [0.2, 0.25) is 0 Å². The Hall–Kier alpha value is -2.89. The predicted octanol–water partition coefficient (Wildman–Crippen LogP) is 7.15. The third kappa shape index (κ3) is 3.84. The van der Waals surface area contributed by atoms with E-state index in [1.165, 1.54) is 0 Å². The van der Waals surface area contributed by atoms with E-state index in [1.54, 1.807) is 19.1 Å². The van der Waals surface area contributed by atoms with Gasteiger partial charge in [-0.15, -0.1) is 0 Å². The van der Waals surface area contributed by atoms with E-state index >= 15 is 0 Å². The van der Waals surface area contributed by atoms with Crippen molar-refractivity contribution in [2.24, 2.45) is 0 Å². The fraction of sp³-hybridized carbons (Fsp3) is 0.217. The molecule has 0 unspecified atom stereocenters. The highest BCUT2D eigenvalue weighted by Crippen LogP contribution is 2.45. The van der Waals surface area contributed by atoms with Gasteiger partial charge >= 0.3 is 6.18 Å². The zero-order valence-corrected chi connectivity index (χ0v) is 15.9. The van der Waals surface area contributed by atoms with E-state index in [-0.39, 0.29) is 28.7 Å². The predicted molar refractivity (Wildman–Crippen MR) is 103 cm³/mol. The molecule has 3 aromatic rings. The SMILES string of the molecule is CCc1ccc(-c2c(CC)c(F)c(F)c(O)c2-c2ccc(C(F)(F)F)cc2)cc1. The van der Waals surface area contributed by atoms with Gasteiger partial charge < -0.3 is 5.11 Å². The zero-order valence-electron chi connectivity index (χ0n) is 15.9. The maximum Gasteiger partial charge on any atom is 0.416 e. The molecule has 3 rings (SSSR count). The molecule has 6 heteroatoms. The topological polar surface area (TPSA) is 20.2 Å². The van der Waals surface area contributed by atoms with E-state index in [0.29, 0.717) is 5.56 Å². The third-order valence-electron chi connectivity index (χ3n) is 4.96. The number of aromatic hydroxyl groups is 1. The van der Waals surface area contributed by atoms with Gasteiger partial charge in [-0.3, -0.25) is 0 Å². The minimum Gasteiger partial charge on any atom is -0.504 e. The van der Waals surface area contributed by atoms with Gasteiger partial charge in [-0.05, 0) is 52.8 Å². The average molecular weight is 406 g/mol. The molecule has 0 heterocycles. The summed E-state index contributed by atoms with van der Waals surface area (Å²) in [6.07, 6.45) is -3.60. The molecule has 0 amide bonds. The van der Waals surface area contributed by atoms with Crippen molar-refractivity contribution in [2.75, 3.05) is 0 Å². The Kier molecular flexibility index (Phi) is 5.64. The molecule has 0 aliphatic rings. The van der Waals surface area contributed by atoms with Gasteiger partial charge in [-0.1, -0.05) is 50.2 Å². The molecule has 152 valence electrons. The third-order valence-corrected chi connectivity index (χ3v) is 4.96. The summed E-state index contributed by atoms with van der Waals surface area (Å²) in [6, 6.07) is 11.1. The first-order valence-corrected chi connectivity index (χ1v) is 9.18. The van der Waals surface area contributed by atoms with Gasteiger partial charge in [0, 0.05) is 5.56 Å². The van der Waals surface area contributed by atoms with Crippen molar-refractivity contribution in [3.63, 3.8) is 0 Å². The van der Waals surface area contributed by atoms with Crippen LogP contribution < -0.4 is 0 Å². The Bertz CT molecular complexity index is 1020. The minimum atomic E-state index is -4.53. The highest BCUT2D eigenvalue weighted by molar-refractivity contribution is 5.90. The van der Waals surface area contributed by atoms with Crippen LogP contribution in [0.25, 0.3) is 22.3 Å². The van der Waals surface area contributed by atoms with Crippen LogP contribution in [0.3, 0.4) is 0 Å². The molecule has 0 saturated heterocycles. The summed E-state index contributed by atoms with van der Waals surface area (Å²) in [6.45, 7) is 3.62. The number of phenolic OH excluding ortho intramolecular Hbond substituents is 1. The Labute approximate surface area is 165 Å². The largest absolute Gasteiger partial charge is 0.504 e. The van der Waals surface area contributed by atoms with Gasteiger partial charge in [0.2, 0.25) is 5.82 Å². The van der Waals surface area contributed by atoms with Crippen molar-refractivity contribution in [2.45, 2.75) is 32.9 Å². The molecule has 1 N–H and O–H groups in total. The fourth-order valence-corrected chi connectivity index (χ4v) is 3.39. The summed E-state index contributed by atoms with van der Waals surface area (Å²) in [5.41, 5.74) is 1.17. The van der Waals surface area contributed by atoms with Crippen molar-refractivity contribution in [3.8, 4) is 28.0 Å². The van der Waals surface area contributed by atoms with Gasteiger partial charge in [0.1, 0.15) is 0 Å². The maximum absolute atomic E-state index is 14.6. The molecule has 0 atom stereocenters. The van der Waals surface area contributed by atoms with Gasteiger partial charge in [-0.2, -0.15) is 17.6 Å². The van der Waals surface area contributed by atoms with Gasteiger partial charge in [0.15, 0.2) is 11.6 Å². The summed E-state index contributed by atoms with van der Waals surface area (Å²) in [7, 11) is 0. The minimum absolute atomic E-state index is 0.0290. The van der Waals surface area contributed by atoms with Crippen LogP contribution in [0.1, 0.15) is 30.5 Å². The smallest absolute Gasteiger partial charge is 0.416 e. The van der Waals surface area contributed by atoms with Gasteiger partial charge in [0.05, 0.1) is 5.56 Å². The molecule has 0 aromatic heterocycles. The lowest BCUT2D eigenvalue weighted by Gasteiger charge is -2.19. The Morgan fingerprint density at radius 2 is 1.24 bits per heavy atom. The molecule has 0 aliphatic heterocycles. The second kappa shape index (κ2) is 7.85. The molecule has 0 radical (unpaired) electrons. The van der Waals surface area contributed by atoms with Crippen LogP contribution in [-0.4, -0.2) is 5.11 Å². The van der Waals surface area contributed by atoms with Crippen molar-refractivity contribution >= 4 is 0 Å². The van der Waals surface area contributed by atoms with Crippen molar-refractivity contribution in [1.29, 1.82) is 0 Å². The number of halogens is 5. The summed E-state index contributed by atoms with van der Waals surface area (Å²) >= 11 is 0.